The average Bonchev–Trinajstić information content (AvgIpc) is 2.47. The molecule has 0 amide bonds. The molecule has 14 heavy (non-hydrogen) atoms. The fraction of sp³-hybridized carbons (Fsp3) is 0.700. The second-order valence-corrected chi connectivity index (χ2v) is 4.48. The average molecular weight is 261 g/mol. The highest BCUT2D eigenvalue weighted by Gasteiger charge is 2.59. The van der Waals surface area contributed by atoms with E-state index in [0.717, 1.165) is 0 Å². The summed E-state index contributed by atoms with van der Waals surface area (Å²) in [6.07, 6.45) is 4.23. The predicted octanol–water partition coefficient (Wildman–Crippen LogP) is 1.45. The largest absolute Gasteiger partial charge is 0.366 e. The van der Waals surface area contributed by atoms with Gasteiger partial charge in [0.15, 0.2) is 11.4 Å². The van der Waals surface area contributed by atoms with Gasteiger partial charge in [-0.1, -0.05) is 28.1 Å². The predicted molar refractivity (Wildman–Crippen MR) is 55.6 cm³/mol. The number of Topliss-reactive ketones (excluding diaryl/α,β-unsaturated/α-hetero) is 1. The van der Waals surface area contributed by atoms with Crippen molar-refractivity contribution in [1.29, 1.82) is 0 Å². The topological polar surface area (TPSA) is 35.5 Å². The monoisotopic (exact) mass is 260 g/mol. The Balaban J connectivity index is 2.46. The summed E-state index contributed by atoms with van der Waals surface area (Å²) in [6, 6.07) is 0. The second-order valence-electron chi connectivity index (χ2n) is 3.91. The second kappa shape index (κ2) is 3.15. The number of carbonyl (C=O) groups is 1. The molecular formula is C10H13BrO3. The molecule has 1 saturated heterocycles. The number of hydrogen-bond donors (Lipinski definition) is 0. The van der Waals surface area contributed by atoms with Crippen LogP contribution in [0.5, 0.6) is 0 Å². The Morgan fingerprint density at radius 2 is 2.50 bits per heavy atom. The van der Waals surface area contributed by atoms with E-state index >= 15 is 0 Å². The molecule has 0 aliphatic carbocycles. The van der Waals surface area contributed by atoms with Crippen molar-refractivity contribution in [2.75, 3.05) is 12.4 Å². The van der Waals surface area contributed by atoms with E-state index in [4.69, 9.17) is 9.47 Å². The number of hydrogen-bond acceptors (Lipinski definition) is 3. The van der Waals surface area contributed by atoms with E-state index in [1.807, 2.05) is 19.1 Å². The minimum absolute atomic E-state index is 0.0603. The lowest BCUT2D eigenvalue weighted by molar-refractivity contribution is -0.193. The van der Waals surface area contributed by atoms with Crippen LogP contribution in [0.2, 0.25) is 0 Å². The van der Waals surface area contributed by atoms with E-state index in [9.17, 15) is 4.79 Å². The zero-order valence-electron chi connectivity index (χ0n) is 8.25. The van der Waals surface area contributed by atoms with Crippen LogP contribution in [0.15, 0.2) is 12.2 Å². The van der Waals surface area contributed by atoms with Crippen LogP contribution >= 0.6 is 15.9 Å². The molecule has 0 aromatic carbocycles. The van der Waals surface area contributed by atoms with E-state index in [-0.39, 0.29) is 11.9 Å². The Labute approximate surface area is 91.6 Å². The first-order chi connectivity index (χ1) is 6.58. The van der Waals surface area contributed by atoms with Crippen LogP contribution in [-0.2, 0) is 14.3 Å². The summed E-state index contributed by atoms with van der Waals surface area (Å²) < 4.78 is 11.2. The summed E-state index contributed by atoms with van der Waals surface area (Å²) in [5.74, 6) is 0.112. The summed E-state index contributed by atoms with van der Waals surface area (Å²) in [5.41, 5.74) is -1.48. The Morgan fingerprint density at radius 3 is 3.07 bits per heavy atom. The van der Waals surface area contributed by atoms with Gasteiger partial charge in [0.05, 0.1) is 6.10 Å². The minimum atomic E-state index is -0.865. The molecule has 2 aliphatic rings. The van der Waals surface area contributed by atoms with Crippen molar-refractivity contribution in [1.82, 2.24) is 0 Å². The third kappa shape index (κ3) is 1.08. The molecule has 0 aromatic heterocycles. The number of ketones is 1. The highest BCUT2D eigenvalue weighted by atomic mass is 79.9. The molecule has 2 bridgehead atoms. The molecular weight excluding hydrogens is 248 g/mol. The molecule has 0 saturated carbocycles. The Morgan fingerprint density at radius 1 is 1.79 bits per heavy atom. The molecule has 2 rings (SSSR count). The van der Waals surface area contributed by atoms with Crippen LogP contribution in [-0.4, -0.2) is 35.5 Å². The van der Waals surface area contributed by atoms with Gasteiger partial charge in [-0.05, 0) is 6.92 Å². The van der Waals surface area contributed by atoms with Crippen LogP contribution in [0.4, 0.5) is 0 Å². The highest BCUT2D eigenvalue weighted by Crippen LogP contribution is 2.44. The van der Waals surface area contributed by atoms with E-state index < -0.39 is 11.2 Å². The number of rotatable bonds is 2. The zero-order chi connectivity index (χ0) is 10.4. The lowest BCUT2D eigenvalue weighted by atomic mass is 9.80. The van der Waals surface area contributed by atoms with Gasteiger partial charge in [0.25, 0.3) is 0 Å². The Hall–Kier alpha value is -0.190. The van der Waals surface area contributed by atoms with Gasteiger partial charge in [0.2, 0.25) is 0 Å². The number of alkyl halides is 1. The summed E-state index contributed by atoms with van der Waals surface area (Å²) in [5, 5.41) is 0.461. The molecule has 2 heterocycles. The van der Waals surface area contributed by atoms with E-state index in [1.165, 1.54) is 0 Å². The van der Waals surface area contributed by atoms with Crippen molar-refractivity contribution in [2.24, 2.45) is 0 Å². The van der Waals surface area contributed by atoms with Crippen molar-refractivity contribution < 1.29 is 14.3 Å². The Kier molecular flexibility index (Phi) is 2.33. The molecule has 1 fully saturated rings. The number of fused-ring (bicyclic) bond motifs is 2. The third-order valence-electron chi connectivity index (χ3n) is 3.20. The highest BCUT2D eigenvalue weighted by molar-refractivity contribution is 9.09. The number of ether oxygens (including phenoxy) is 2. The van der Waals surface area contributed by atoms with Crippen LogP contribution < -0.4 is 0 Å². The number of methoxy groups -OCH3 is 1. The lowest BCUT2D eigenvalue weighted by Crippen LogP contribution is -2.63. The van der Waals surface area contributed by atoms with Gasteiger partial charge in [-0.2, -0.15) is 0 Å². The smallest absolute Gasteiger partial charge is 0.171 e. The van der Waals surface area contributed by atoms with Crippen molar-refractivity contribution in [2.45, 2.75) is 30.7 Å². The third-order valence-corrected chi connectivity index (χ3v) is 3.99. The van der Waals surface area contributed by atoms with E-state index in [1.54, 1.807) is 7.11 Å². The van der Waals surface area contributed by atoms with Crippen LogP contribution in [0.25, 0.3) is 0 Å². The zero-order valence-corrected chi connectivity index (χ0v) is 9.83. The summed E-state index contributed by atoms with van der Waals surface area (Å²) in [4.78, 5) is 12.0. The first kappa shape index (κ1) is 10.3. The standard InChI is InChI=1S/C10H13BrO3/c1-9-4-3-7(14-9)5-8(12)10(9,6-11)13-2/h3-4,7H,5-6H2,1-2H3/t7-,9+,10+/m1/s1. The van der Waals surface area contributed by atoms with Crippen molar-refractivity contribution in [3.05, 3.63) is 12.2 Å². The van der Waals surface area contributed by atoms with Crippen LogP contribution in [0.1, 0.15) is 13.3 Å². The van der Waals surface area contributed by atoms with Crippen LogP contribution in [0, 0.1) is 0 Å². The van der Waals surface area contributed by atoms with Gasteiger partial charge in [-0.25, -0.2) is 0 Å². The van der Waals surface area contributed by atoms with Gasteiger partial charge in [0, 0.05) is 18.9 Å². The summed E-state index contributed by atoms with van der Waals surface area (Å²) >= 11 is 3.34. The molecule has 4 heteroatoms. The van der Waals surface area contributed by atoms with Crippen molar-refractivity contribution in [3.63, 3.8) is 0 Å². The molecule has 78 valence electrons. The van der Waals surface area contributed by atoms with E-state index in [2.05, 4.69) is 15.9 Å². The summed E-state index contributed by atoms with van der Waals surface area (Å²) in [7, 11) is 1.56. The van der Waals surface area contributed by atoms with Crippen LogP contribution in [0.3, 0.4) is 0 Å². The first-order valence-electron chi connectivity index (χ1n) is 4.59. The fourth-order valence-electron chi connectivity index (χ4n) is 2.23. The maximum Gasteiger partial charge on any atom is 0.171 e. The quantitative estimate of drug-likeness (QED) is 0.557. The molecule has 0 aromatic rings. The molecule has 0 unspecified atom stereocenters. The fourth-order valence-corrected chi connectivity index (χ4v) is 3.32. The SMILES string of the molecule is CO[C@@]1(CBr)C(=O)C[C@H]2C=C[C@]1(C)O2. The molecule has 0 spiro atoms. The van der Waals surface area contributed by atoms with Crippen molar-refractivity contribution >= 4 is 21.7 Å². The number of carbonyl (C=O) groups excluding carboxylic acids is 1. The summed E-state index contributed by atoms with van der Waals surface area (Å²) in [6.45, 7) is 1.89. The molecule has 2 aliphatic heterocycles. The Bertz CT molecular complexity index is 296. The van der Waals surface area contributed by atoms with E-state index in [0.29, 0.717) is 11.8 Å². The van der Waals surface area contributed by atoms with Gasteiger partial charge in [-0.3, -0.25) is 4.79 Å². The van der Waals surface area contributed by atoms with Gasteiger partial charge in [0.1, 0.15) is 5.60 Å². The van der Waals surface area contributed by atoms with Gasteiger partial charge in [-0.15, -0.1) is 0 Å². The minimum Gasteiger partial charge on any atom is -0.366 e. The van der Waals surface area contributed by atoms with Gasteiger partial charge >= 0.3 is 0 Å². The normalized spacial score (nSPS) is 45.9. The molecule has 3 nitrogen and oxygen atoms in total. The van der Waals surface area contributed by atoms with Crippen molar-refractivity contribution in [3.8, 4) is 0 Å². The van der Waals surface area contributed by atoms with Gasteiger partial charge < -0.3 is 9.47 Å². The first-order valence-corrected chi connectivity index (χ1v) is 5.72. The lowest BCUT2D eigenvalue weighted by Gasteiger charge is -2.45. The maximum absolute atomic E-state index is 12.0. The molecule has 0 N–H and O–H groups in total. The maximum atomic E-state index is 12.0. The molecule has 0 radical (unpaired) electrons. The molecule has 3 atom stereocenters. The number of halogens is 1.